The molecule has 0 bridgehead atoms. The van der Waals surface area contributed by atoms with Crippen LogP contribution in [-0.2, 0) is 4.79 Å². The van der Waals surface area contributed by atoms with Crippen molar-refractivity contribution in [2.24, 2.45) is 5.10 Å². The third-order valence-corrected chi connectivity index (χ3v) is 4.21. The van der Waals surface area contributed by atoms with Gasteiger partial charge < -0.3 is 10.2 Å². The number of phenols is 2. The lowest BCUT2D eigenvalue weighted by Crippen LogP contribution is -2.19. The summed E-state index contributed by atoms with van der Waals surface area (Å²) >= 11 is 2.71. The average Bonchev–Trinajstić information content (AvgIpc) is 2.86. The van der Waals surface area contributed by atoms with E-state index in [0.717, 1.165) is 9.35 Å². The van der Waals surface area contributed by atoms with Gasteiger partial charge in [-0.05, 0) is 30.7 Å². The second-order valence-corrected chi connectivity index (χ2v) is 6.32. The van der Waals surface area contributed by atoms with E-state index in [1.54, 1.807) is 6.07 Å². The second kappa shape index (κ2) is 7.04. The number of aromatic hydroxyl groups is 2. The Morgan fingerprint density at radius 1 is 1.43 bits per heavy atom. The normalized spacial score (nSPS) is 10.9. The number of aromatic nitrogens is 2. The fourth-order valence-electron chi connectivity index (χ4n) is 1.30. The molecule has 0 aliphatic heterocycles. The van der Waals surface area contributed by atoms with Gasteiger partial charge >= 0.3 is 0 Å². The Hall–Kier alpha value is -2.13. The van der Waals surface area contributed by atoms with Crippen LogP contribution in [0.25, 0.3) is 0 Å². The molecule has 0 unspecified atom stereocenters. The van der Waals surface area contributed by atoms with Crippen LogP contribution in [0.5, 0.6) is 11.5 Å². The Bertz CT molecular complexity index is 672. The van der Waals surface area contributed by atoms with Gasteiger partial charge in [0.15, 0.2) is 15.8 Å². The van der Waals surface area contributed by atoms with Crippen LogP contribution in [-0.4, -0.2) is 38.3 Å². The molecule has 0 fully saturated rings. The predicted octanol–water partition coefficient (Wildman–Crippen LogP) is 1.50. The van der Waals surface area contributed by atoms with Crippen LogP contribution in [0.2, 0.25) is 0 Å². The maximum atomic E-state index is 11.6. The van der Waals surface area contributed by atoms with E-state index in [0.29, 0.717) is 5.56 Å². The van der Waals surface area contributed by atoms with Crippen molar-refractivity contribution in [1.82, 2.24) is 15.6 Å². The molecule has 0 aliphatic carbocycles. The first-order chi connectivity index (χ1) is 10.0. The van der Waals surface area contributed by atoms with Gasteiger partial charge in [0.2, 0.25) is 0 Å². The van der Waals surface area contributed by atoms with Gasteiger partial charge in [0.05, 0.1) is 12.0 Å². The van der Waals surface area contributed by atoms with E-state index in [9.17, 15) is 9.90 Å². The summed E-state index contributed by atoms with van der Waals surface area (Å²) in [5.74, 6) is -0.535. The summed E-state index contributed by atoms with van der Waals surface area (Å²) in [6, 6.07) is 4.24. The number of nitrogens with zero attached hydrogens (tertiary/aromatic N) is 3. The van der Waals surface area contributed by atoms with Crippen molar-refractivity contribution >= 4 is 35.2 Å². The van der Waals surface area contributed by atoms with Crippen LogP contribution in [0.3, 0.4) is 0 Å². The quantitative estimate of drug-likeness (QED) is 0.333. The molecule has 2 aromatic rings. The summed E-state index contributed by atoms with van der Waals surface area (Å²) in [5.41, 5.74) is 2.92. The summed E-state index contributed by atoms with van der Waals surface area (Å²) in [7, 11) is 0. The molecule has 9 heteroatoms. The van der Waals surface area contributed by atoms with E-state index in [2.05, 4.69) is 20.7 Å². The van der Waals surface area contributed by atoms with Crippen molar-refractivity contribution in [2.45, 2.75) is 11.3 Å². The third-order valence-electron chi connectivity index (χ3n) is 2.24. The number of hydrogen-bond acceptors (Lipinski definition) is 8. The van der Waals surface area contributed by atoms with Crippen molar-refractivity contribution in [3.8, 4) is 11.5 Å². The van der Waals surface area contributed by atoms with Crippen molar-refractivity contribution in [1.29, 1.82) is 0 Å². The summed E-state index contributed by atoms with van der Waals surface area (Å²) in [6.45, 7) is 1.85. The van der Waals surface area contributed by atoms with Crippen molar-refractivity contribution < 1.29 is 15.0 Å². The zero-order valence-electron chi connectivity index (χ0n) is 11.0. The molecule has 1 aromatic heterocycles. The maximum absolute atomic E-state index is 11.6. The van der Waals surface area contributed by atoms with Gasteiger partial charge in [-0.2, -0.15) is 5.10 Å². The van der Waals surface area contributed by atoms with Crippen LogP contribution in [0, 0.1) is 6.92 Å². The van der Waals surface area contributed by atoms with Crippen LogP contribution in [0.4, 0.5) is 0 Å². The highest BCUT2D eigenvalue weighted by atomic mass is 32.2. The molecule has 0 saturated heterocycles. The Kier molecular flexibility index (Phi) is 5.12. The van der Waals surface area contributed by atoms with Crippen LogP contribution >= 0.6 is 23.1 Å². The van der Waals surface area contributed by atoms with Gasteiger partial charge in [0.1, 0.15) is 5.01 Å². The Morgan fingerprint density at radius 3 is 2.90 bits per heavy atom. The molecule has 3 N–H and O–H groups in total. The van der Waals surface area contributed by atoms with E-state index >= 15 is 0 Å². The molecule has 21 heavy (non-hydrogen) atoms. The molecule has 1 amide bonds. The number of rotatable bonds is 5. The number of thioether (sulfide) groups is 1. The molecule has 1 heterocycles. The van der Waals surface area contributed by atoms with Gasteiger partial charge in [0.25, 0.3) is 5.91 Å². The van der Waals surface area contributed by atoms with Crippen LogP contribution in [0.15, 0.2) is 27.6 Å². The molecular formula is C12H12N4O3S2. The van der Waals surface area contributed by atoms with Gasteiger partial charge in [-0.3, -0.25) is 4.79 Å². The topological polar surface area (TPSA) is 108 Å². The number of benzene rings is 1. The summed E-state index contributed by atoms with van der Waals surface area (Å²) in [5, 5.41) is 30.8. The Balaban J connectivity index is 1.80. The summed E-state index contributed by atoms with van der Waals surface area (Å²) < 4.78 is 0.732. The first kappa shape index (κ1) is 15.3. The monoisotopic (exact) mass is 324 g/mol. The van der Waals surface area contributed by atoms with Crippen molar-refractivity contribution in [3.63, 3.8) is 0 Å². The van der Waals surface area contributed by atoms with Gasteiger partial charge in [-0.1, -0.05) is 23.1 Å². The highest BCUT2D eigenvalue weighted by Crippen LogP contribution is 2.24. The number of aryl methyl sites for hydroxylation is 1. The zero-order valence-corrected chi connectivity index (χ0v) is 12.6. The average molecular weight is 324 g/mol. The molecule has 110 valence electrons. The summed E-state index contributed by atoms with van der Waals surface area (Å²) in [4.78, 5) is 11.6. The Morgan fingerprint density at radius 2 is 2.24 bits per heavy atom. The number of hydrogen-bond donors (Lipinski definition) is 3. The lowest BCUT2D eigenvalue weighted by Gasteiger charge is -1.99. The largest absolute Gasteiger partial charge is 0.504 e. The Labute approximate surface area is 128 Å². The van der Waals surface area contributed by atoms with E-state index < -0.39 is 0 Å². The van der Waals surface area contributed by atoms with E-state index in [1.807, 2.05) is 6.92 Å². The highest BCUT2D eigenvalue weighted by molar-refractivity contribution is 8.01. The molecular weight excluding hydrogens is 312 g/mol. The number of carbonyl (C=O) groups is 1. The lowest BCUT2D eigenvalue weighted by atomic mass is 10.2. The van der Waals surface area contributed by atoms with E-state index in [1.165, 1.54) is 41.4 Å². The lowest BCUT2D eigenvalue weighted by molar-refractivity contribution is -0.118. The molecule has 2 rings (SSSR count). The number of phenolic OH excluding ortho intramolecular Hbond substituents is 2. The predicted molar refractivity (Wildman–Crippen MR) is 80.9 cm³/mol. The standard InChI is InChI=1S/C12H12N4O3S2/c1-7-14-16-12(21-7)20-6-11(19)15-13-5-8-2-3-9(17)10(18)4-8/h2-5,17-18H,6H2,1H3,(H,15,19)/b13-5+. The number of nitrogens with one attached hydrogen (secondary N) is 1. The van der Waals surface area contributed by atoms with Gasteiger partial charge in [0, 0.05) is 0 Å². The number of hydrazone groups is 1. The molecule has 0 aliphatic rings. The first-order valence-corrected chi connectivity index (χ1v) is 7.61. The fourth-order valence-corrected chi connectivity index (χ4v) is 2.90. The molecule has 0 radical (unpaired) electrons. The maximum Gasteiger partial charge on any atom is 0.250 e. The number of carbonyl (C=O) groups excluding carboxylic acids is 1. The minimum Gasteiger partial charge on any atom is -0.504 e. The van der Waals surface area contributed by atoms with Crippen molar-refractivity contribution in [2.75, 3.05) is 5.75 Å². The van der Waals surface area contributed by atoms with Crippen LogP contribution < -0.4 is 5.43 Å². The second-order valence-electron chi connectivity index (χ2n) is 3.92. The molecule has 0 saturated carbocycles. The van der Waals surface area contributed by atoms with E-state index in [-0.39, 0.29) is 23.2 Å². The minimum absolute atomic E-state index is 0.187. The number of amides is 1. The minimum atomic E-state index is -0.271. The van der Waals surface area contributed by atoms with Gasteiger partial charge in [-0.15, -0.1) is 10.2 Å². The van der Waals surface area contributed by atoms with Crippen molar-refractivity contribution in [3.05, 3.63) is 28.8 Å². The zero-order chi connectivity index (χ0) is 15.2. The molecule has 7 nitrogen and oxygen atoms in total. The smallest absolute Gasteiger partial charge is 0.250 e. The highest BCUT2D eigenvalue weighted by Gasteiger charge is 2.05. The van der Waals surface area contributed by atoms with Crippen LogP contribution in [0.1, 0.15) is 10.6 Å². The summed E-state index contributed by atoms with van der Waals surface area (Å²) in [6.07, 6.45) is 1.37. The fraction of sp³-hybridized carbons (Fsp3) is 0.167. The van der Waals surface area contributed by atoms with Gasteiger partial charge in [-0.25, -0.2) is 5.43 Å². The molecule has 0 atom stereocenters. The first-order valence-electron chi connectivity index (χ1n) is 5.81. The third kappa shape index (κ3) is 4.72. The van der Waals surface area contributed by atoms with E-state index in [4.69, 9.17) is 5.11 Å². The molecule has 1 aromatic carbocycles. The SMILES string of the molecule is Cc1nnc(SCC(=O)N/N=C/c2ccc(O)c(O)c2)s1. The molecule has 0 spiro atoms.